The standard InChI is InChI=1S/C25H31O2P/c1-24(2,26)25(3,4)27-20-28(21-14-8-5-9-15-21,22-16-10-6-11-17-22)23-18-12-7-13-19-23/h5-19,26,28H,20H2,1-4H3. The van der Waals surface area contributed by atoms with Crippen molar-refractivity contribution in [3.63, 3.8) is 0 Å². The number of hydrogen-bond donors (Lipinski definition) is 1. The zero-order valence-electron chi connectivity index (χ0n) is 17.2. The molecule has 148 valence electrons. The molecule has 1 N–H and O–H groups in total. The summed E-state index contributed by atoms with van der Waals surface area (Å²) in [5.41, 5.74) is -1.62. The van der Waals surface area contributed by atoms with Crippen molar-refractivity contribution in [1.29, 1.82) is 0 Å². The van der Waals surface area contributed by atoms with Gasteiger partial charge in [-0.15, -0.1) is 0 Å². The van der Waals surface area contributed by atoms with Crippen molar-refractivity contribution in [2.45, 2.75) is 38.9 Å². The van der Waals surface area contributed by atoms with Crippen molar-refractivity contribution in [2.24, 2.45) is 0 Å². The first-order valence-corrected chi connectivity index (χ1v) is 12.0. The molecule has 0 amide bonds. The first-order chi connectivity index (χ1) is 13.3. The van der Waals surface area contributed by atoms with Crippen LogP contribution in [-0.2, 0) is 4.74 Å². The first-order valence-electron chi connectivity index (χ1n) is 9.80. The van der Waals surface area contributed by atoms with Gasteiger partial charge in [0.15, 0.2) is 0 Å². The summed E-state index contributed by atoms with van der Waals surface area (Å²) in [5.74, 6) is 0. The molecular formula is C25H31O2P. The summed E-state index contributed by atoms with van der Waals surface area (Å²) in [5, 5.41) is 14.6. The van der Waals surface area contributed by atoms with Crippen LogP contribution in [0.3, 0.4) is 0 Å². The second-order valence-electron chi connectivity index (χ2n) is 8.36. The molecule has 3 rings (SSSR count). The predicted octanol–water partition coefficient (Wildman–Crippen LogP) is 4.24. The molecule has 0 aromatic heterocycles. The van der Waals surface area contributed by atoms with Crippen molar-refractivity contribution in [3.05, 3.63) is 91.0 Å². The van der Waals surface area contributed by atoms with Gasteiger partial charge in [-0.25, -0.2) is 0 Å². The molecular weight excluding hydrogens is 363 g/mol. The second-order valence-corrected chi connectivity index (χ2v) is 12.2. The molecule has 0 aliphatic rings. The van der Waals surface area contributed by atoms with E-state index in [-0.39, 0.29) is 0 Å². The van der Waals surface area contributed by atoms with E-state index in [9.17, 15) is 5.11 Å². The Labute approximate surface area is 169 Å². The summed E-state index contributed by atoms with van der Waals surface area (Å²) >= 11 is 0. The van der Waals surface area contributed by atoms with Gasteiger partial charge in [-0.05, 0) is 0 Å². The molecule has 0 fully saturated rings. The molecule has 0 spiro atoms. The van der Waals surface area contributed by atoms with Crippen LogP contribution in [0.5, 0.6) is 0 Å². The summed E-state index contributed by atoms with van der Waals surface area (Å²) in [4.78, 5) is 0. The Morgan fingerprint density at radius 2 is 0.964 bits per heavy atom. The molecule has 3 aromatic rings. The maximum atomic E-state index is 10.6. The number of hydrogen-bond acceptors (Lipinski definition) is 2. The van der Waals surface area contributed by atoms with E-state index < -0.39 is 18.5 Å². The Bertz CT molecular complexity index is 772. The monoisotopic (exact) mass is 394 g/mol. The second kappa shape index (κ2) is 8.17. The molecule has 0 unspecified atom stereocenters. The Hall–Kier alpha value is -1.99. The third-order valence-electron chi connectivity index (χ3n) is 5.92. The van der Waals surface area contributed by atoms with Gasteiger partial charge in [-0.2, -0.15) is 0 Å². The molecule has 3 aromatic carbocycles. The van der Waals surface area contributed by atoms with E-state index in [1.165, 1.54) is 15.9 Å². The van der Waals surface area contributed by atoms with Gasteiger partial charge in [-0.3, -0.25) is 0 Å². The minimum absolute atomic E-state index is 0.558. The van der Waals surface area contributed by atoms with Gasteiger partial charge in [0.05, 0.1) is 0 Å². The Balaban J connectivity index is 2.20. The summed E-state index contributed by atoms with van der Waals surface area (Å²) < 4.78 is 6.53. The molecule has 0 bridgehead atoms. The van der Waals surface area contributed by atoms with Gasteiger partial charge in [0, 0.05) is 0 Å². The molecule has 0 saturated heterocycles. The van der Waals surface area contributed by atoms with Crippen LogP contribution < -0.4 is 15.9 Å². The van der Waals surface area contributed by atoms with Crippen LogP contribution in [0.25, 0.3) is 0 Å². The predicted molar refractivity (Wildman–Crippen MR) is 123 cm³/mol. The number of ether oxygens (including phenoxy) is 1. The molecule has 0 heterocycles. The van der Waals surface area contributed by atoms with E-state index in [2.05, 4.69) is 91.0 Å². The molecule has 0 aliphatic heterocycles. The SMILES string of the molecule is CC(C)(O)C(C)(C)OC[PH](c1ccccc1)(c1ccccc1)c1ccccc1. The van der Waals surface area contributed by atoms with Gasteiger partial charge in [-0.1, -0.05) is 0 Å². The van der Waals surface area contributed by atoms with E-state index in [0.29, 0.717) is 6.35 Å². The van der Waals surface area contributed by atoms with Crippen LogP contribution in [-0.4, -0.2) is 22.7 Å². The average molecular weight is 394 g/mol. The topological polar surface area (TPSA) is 29.5 Å². The minimum atomic E-state index is -2.45. The molecule has 0 saturated carbocycles. The van der Waals surface area contributed by atoms with Gasteiger partial charge in [0.1, 0.15) is 0 Å². The molecule has 0 aliphatic carbocycles. The van der Waals surface area contributed by atoms with E-state index >= 15 is 0 Å². The van der Waals surface area contributed by atoms with E-state index in [0.717, 1.165) is 0 Å². The van der Waals surface area contributed by atoms with Crippen LogP contribution in [0.4, 0.5) is 0 Å². The third kappa shape index (κ3) is 4.05. The van der Waals surface area contributed by atoms with Gasteiger partial charge in [0.25, 0.3) is 0 Å². The van der Waals surface area contributed by atoms with E-state index in [1.807, 2.05) is 27.7 Å². The number of benzene rings is 3. The number of rotatable bonds is 7. The molecule has 0 atom stereocenters. The molecule has 3 heteroatoms. The van der Waals surface area contributed by atoms with E-state index in [1.54, 1.807) is 0 Å². The quantitative estimate of drug-likeness (QED) is 0.608. The Kier molecular flexibility index (Phi) is 6.05. The van der Waals surface area contributed by atoms with Crippen molar-refractivity contribution < 1.29 is 9.84 Å². The molecule has 0 radical (unpaired) electrons. The summed E-state index contributed by atoms with van der Waals surface area (Å²) in [7, 11) is -2.45. The van der Waals surface area contributed by atoms with Crippen molar-refractivity contribution in [1.82, 2.24) is 0 Å². The van der Waals surface area contributed by atoms with Crippen LogP contribution in [0.1, 0.15) is 27.7 Å². The average Bonchev–Trinajstić information content (AvgIpc) is 2.70. The van der Waals surface area contributed by atoms with Gasteiger partial charge >= 0.3 is 169 Å². The normalized spacial score (nSPS) is 13.3. The van der Waals surface area contributed by atoms with Crippen molar-refractivity contribution in [3.8, 4) is 0 Å². The van der Waals surface area contributed by atoms with Gasteiger partial charge < -0.3 is 0 Å². The number of aliphatic hydroxyl groups is 1. The molecule has 28 heavy (non-hydrogen) atoms. The van der Waals surface area contributed by atoms with E-state index in [4.69, 9.17) is 4.74 Å². The zero-order valence-corrected chi connectivity index (χ0v) is 18.2. The molecule has 2 nitrogen and oxygen atoms in total. The fourth-order valence-corrected chi connectivity index (χ4v) is 7.75. The van der Waals surface area contributed by atoms with Gasteiger partial charge in [0.2, 0.25) is 0 Å². The Morgan fingerprint density at radius 3 is 1.25 bits per heavy atom. The third-order valence-corrected chi connectivity index (χ3v) is 10.5. The summed E-state index contributed by atoms with van der Waals surface area (Å²) in [6, 6.07) is 32.1. The van der Waals surface area contributed by atoms with Crippen LogP contribution >= 0.6 is 7.26 Å². The maximum absolute atomic E-state index is 10.6. The van der Waals surface area contributed by atoms with Crippen molar-refractivity contribution >= 4 is 23.2 Å². The zero-order chi connectivity index (χ0) is 20.3. The summed E-state index contributed by atoms with van der Waals surface area (Å²) in [6.45, 7) is 7.55. The Morgan fingerprint density at radius 1 is 0.643 bits per heavy atom. The van der Waals surface area contributed by atoms with Crippen LogP contribution in [0.15, 0.2) is 91.0 Å². The van der Waals surface area contributed by atoms with Crippen molar-refractivity contribution in [2.75, 3.05) is 6.35 Å². The fraction of sp³-hybridized carbons (Fsp3) is 0.280. The fourth-order valence-electron chi connectivity index (χ4n) is 3.38. The van der Waals surface area contributed by atoms with Crippen LogP contribution in [0.2, 0.25) is 0 Å². The summed E-state index contributed by atoms with van der Waals surface area (Å²) in [6.07, 6.45) is 0.558. The first kappa shape index (κ1) is 20.7. The van der Waals surface area contributed by atoms with Crippen LogP contribution in [0, 0.1) is 0 Å².